The molecule has 3 unspecified atom stereocenters. The predicted octanol–water partition coefficient (Wildman–Crippen LogP) is 3.61. The first-order chi connectivity index (χ1) is 8.49. The van der Waals surface area contributed by atoms with Crippen LogP contribution in [0.3, 0.4) is 0 Å². The fourth-order valence-corrected chi connectivity index (χ4v) is 3.27. The Kier molecular flexibility index (Phi) is 3.67. The summed E-state index contributed by atoms with van der Waals surface area (Å²) in [5.41, 5.74) is 8.97. The highest BCUT2D eigenvalue weighted by molar-refractivity contribution is 5.42. The molecule has 1 fully saturated rings. The minimum Gasteiger partial charge on any atom is -0.496 e. The monoisotopic (exact) mass is 247 g/mol. The predicted molar refractivity (Wildman–Crippen MR) is 75.8 cm³/mol. The molecular weight excluding hydrogens is 222 g/mol. The van der Waals surface area contributed by atoms with E-state index in [9.17, 15) is 0 Å². The van der Waals surface area contributed by atoms with Gasteiger partial charge in [0, 0.05) is 11.1 Å². The van der Waals surface area contributed by atoms with Crippen molar-refractivity contribution in [2.24, 2.45) is 17.6 Å². The first-order valence-electron chi connectivity index (χ1n) is 6.93. The van der Waals surface area contributed by atoms with Gasteiger partial charge in [0.1, 0.15) is 5.75 Å². The Morgan fingerprint density at radius 2 is 2.06 bits per heavy atom. The zero-order valence-corrected chi connectivity index (χ0v) is 12.0. The molecule has 0 spiro atoms. The van der Waals surface area contributed by atoms with E-state index in [1.807, 2.05) is 6.07 Å². The van der Waals surface area contributed by atoms with Gasteiger partial charge in [-0.2, -0.15) is 0 Å². The molecule has 1 aromatic carbocycles. The second kappa shape index (κ2) is 4.93. The number of nitrogens with two attached hydrogens (primary N) is 1. The van der Waals surface area contributed by atoms with E-state index in [2.05, 4.69) is 32.9 Å². The molecule has 100 valence electrons. The van der Waals surface area contributed by atoms with Gasteiger partial charge < -0.3 is 10.5 Å². The lowest BCUT2D eigenvalue weighted by atomic mass is 9.65. The minimum absolute atomic E-state index is 0.241. The molecule has 2 rings (SSSR count). The normalized spacial score (nSPS) is 32.3. The SMILES string of the molecule is COc1ccc(C)cc1C1(N)CCCC(C)C1C. The van der Waals surface area contributed by atoms with Crippen molar-refractivity contribution in [1.82, 2.24) is 0 Å². The summed E-state index contributed by atoms with van der Waals surface area (Å²) >= 11 is 0. The van der Waals surface area contributed by atoms with E-state index >= 15 is 0 Å². The Bertz CT molecular complexity index is 429. The van der Waals surface area contributed by atoms with Crippen LogP contribution in [0.4, 0.5) is 0 Å². The maximum absolute atomic E-state index is 6.78. The molecule has 0 saturated heterocycles. The van der Waals surface area contributed by atoms with E-state index < -0.39 is 0 Å². The van der Waals surface area contributed by atoms with Crippen LogP contribution in [0.25, 0.3) is 0 Å². The number of ether oxygens (including phenoxy) is 1. The third-order valence-electron chi connectivity index (χ3n) is 4.77. The summed E-state index contributed by atoms with van der Waals surface area (Å²) in [6.45, 7) is 6.71. The minimum atomic E-state index is -0.241. The molecule has 0 aromatic heterocycles. The molecule has 0 amide bonds. The van der Waals surface area contributed by atoms with E-state index in [-0.39, 0.29) is 5.54 Å². The van der Waals surface area contributed by atoms with Gasteiger partial charge >= 0.3 is 0 Å². The number of hydrogen-bond donors (Lipinski definition) is 1. The summed E-state index contributed by atoms with van der Waals surface area (Å²) in [6, 6.07) is 6.33. The van der Waals surface area contributed by atoms with Crippen LogP contribution in [0.5, 0.6) is 5.75 Å². The van der Waals surface area contributed by atoms with Crippen LogP contribution in [0.15, 0.2) is 18.2 Å². The molecule has 2 nitrogen and oxygen atoms in total. The van der Waals surface area contributed by atoms with Crippen LogP contribution in [0, 0.1) is 18.8 Å². The standard InChI is InChI=1S/C16H25NO/c1-11-7-8-15(18-4)14(10-11)16(17)9-5-6-12(2)13(16)3/h7-8,10,12-13H,5-6,9,17H2,1-4H3. The highest BCUT2D eigenvalue weighted by Crippen LogP contribution is 2.45. The van der Waals surface area contributed by atoms with Gasteiger partial charge in [-0.1, -0.05) is 44.4 Å². The molecule has 1 aliphatic rings. The van der Waals surface area contributed by atoms with Crippen molar-refractivity contribution in [3.05, 3.63) is 29.3 Å². The summed E-state index contributed by atoms with van der Waals surface area (Å²) in [5, 5.41) is 0. The van der Waals surface area contributed by atoms with E-state index in [0.717, 1.165) is 12.2 Å². The third-order valence-corrected chi connectivity index (χ3v) is 4.77. The number of hydrogen-bond acceptors (Lipinski definition) is 2. The molecule has 2 N–H and O–H groups in total. The van der Waals surface area contributed by atoms with Crippen molar-refractivity contribution in [2.45, 2.75) is 45.6 Å². The van der Waals surface area contributed by atoms with E-state index in [1.54, 1.807) is 7.11 Å². The van der Waals surface area contributed by atoms with Crippen LogP contribution in [-0.4, -0.2) is 7.11 Å². The van der Waals surface area contributed by atoms with E-state index in [0.29, 0.717) is 11.8 Å². The average molecular weight is 247 g/mol. The van der Waals surface area contributed by atoms with Crippen molar-refractivity contribution in [3.8, 4) is 5.75 Å². The van der Waals surface area contributed by atoms with Crippen LogP contribution >= 0.6 is 0 Å². The molecule has 2 heteroatoms. The molecule has 18 heavy (non-hydrogen) atoms. The van der Waals surface area contributed by atoms with E-state index in [4.69, 9.17) is 10.5 Å². The molecule has 0 bridgehead atoms. The number of aryl methyl sites for hydroxylation is 1. The highest BCUT2D eigenvalue weighted by atomic mass is 16.5. The lowest BCUT2D eigenvalue weighted by Crippen LogP contribution is -2.48. The molecule has 0 heterocycles. The molecule has 1 saturated carbocycles. The van der Waals surface area contributed by atoms with Crippen LogP contribution in [-0.2, 0) is 5.54 Å². The zero-order valence-electron chi connectivity index (χ0n) is 12.0. The van der Waals surface area contributed by atoms with Crippen LogP contribution < -0.4 is 10.5 Å². The topological polar surface area (TPSA) is 35.2 Å². The van der Waals surface area contributed by atoms with Gasteiger partial charge in [-0.15, -0.1) is 0 Å². The Hall–Kier alpha value is -1.02. The first kappa shape index (κ1) is 13.4. The van der Waals surface area contributed by atoms with Crippen molar-refractivity contribution < 1.29 is 4.74 Å². The lowest BCUT2D eigenvalue weighted by molar-refractivity contribution is 0.140. The van der Waals surface area contributed by atoms with Crippen molar-refractivity contribution in [3.63, 3.8) is 0 Å². The Morgan fingerprint density at radius 3 is 2.72 bits per heavy atom. The molecule has 0 aliphatic heterocycles. The fourth-order valence-electron chi connectivity index (χ4n) is 3.27. The Morgan fingerprint density at radius 1 is 1.33 bits per heavy atom. The molecule has 1 aliphatic carbocycles. The van der Waals surface area contributed by atoms with Gasteiger partial charge in [0.25, 0.3) is 0 Å². The maximum Gasteiger partial charge on any atom is 0.123 e. The maximum atomic E-state index is 6.78. The van der Waals surface area contributed by atoms with Gasteiger partial charge in [-0.05, 0) is 31.2 Å². The summed E-state index contributed by atoms with van der Waals surface area (Å²) in [7, 11) is 1.73. The largest absolute Gasteiger partial charge is 0.496 e. The summed E-state index contributed by atoms with van der Waals surface area (Å²) in [5.74, 6) is 2.10. The lowest BCUT2D eigenvalue weighted by Gasteiger charge is -2.44. The zero-order chi connectivity index (χ0) is 13.3. The second-order valence-electron chi connectivity index (χ2n) is 5.90. The quantitative estimate of drug-likeness (QED) is 0.866. The number of benzene rings is 1. The molecule has 3 atom stereocenters. The molecule has 1 aromatic rings. The van der Waals surface area contributed by atoms with Gasteiger partial charge in [-0.25, -0.2) is 0 Å². The summed E-state index contributed by atoms with van der Waals surface area (Å²) in [4.78, 5) is 0. The second-order valence-corrected chi connectivity index (χ2v) is 5.90. The van der Waals surface area contributed by atoms with Gasteiger partial charge in [0.15, 0.2) is 0 Å². The summed E-state index contributed by atoms with van der Waals surface area (Å²) < 4.78 is 5.52. The van der Waals surface area contributed by atoms with Crippen molar-refractivity contribution >= 4 is 0 Å². The van der Waals surface area contributed by atoms with Gasteiger partial charge in [-0.3, -0.25) is 0 Å². The summed E-state index contributed by atoms with van der Waals surface area (Å²) in [6.07, 6.45) is 3.55. The van der Waals surface area contributed by atoms with Gasteiger partial charge in [0.05, 0.1) is 7.11 Å². The number of methoxy groups -OCH3 is 1. The first-order valence-corrected chi connectivity index (χ1v) is 6.93. The average Bonchev–Trinajstić information content (AvgIpc) is 2.36. The molecule has 0 radical (unpaired) electrons. The van der Waals surface area contributed by atoms with Crippen LogP contribution in [0.1, 0.15) is 44.2 Å². The number of rotatable bonds is 2. The highest BCUT2D eigenvalue weighted by Gasteiger charge is 2.41. The smallest absolute Gasteiger partial charge is 0.123 e. The van der Waals surface area contributed by atoms with E-state index in [1.165, 1.54) is 24.0 Å². The van der Waals surface area contributed by atoms with Crippen molar-refractivity contribution in [1.29, 1.82) is 0 Å². The molecular formula is C16H25NO. The fraction of sp³-hybridized carbons (Fsp3) is 0.625. The Balaban J connectivity index is 2.48. The Labute approximate surface area is 111 Å². The third kappa shape index (κ3) is 2.14. The van der Waals surface area contributed by atoms with Gasteiger partial charge in [0.2, 0.25) is 0 Å². The van der Waals surface area contributed by atoms with Crippen molar-refractivity contribution in [2.75, 3.05) is 7.11 Å². The van der Waals surface area contributed by atoms with Crippen LogP contribution in [0.2, 0.25) is 0 Å².